The molecule has 0 unspecified atom stereocenters. The molecule has 0 aliphatic carbocycles. The van der Waals surface area contributed by atoms with Gasteiger partial charge in [0.05, 0.1) is 12.3 Å². The molecule has 1 heterocycles. The summed E-state index contributed by atoms with van der Waals surface area (Å²) in [5, 5.41) is 25.1. The van der Waals surface area contributed by atoms with E-state index in [0.717, 1.165) is 0 Å². The average Bonchev–Trinajstić information content (AvgIpc) is 2.80. The summed E-state index contributed by atoms with van der Waals surface area (Å²) >= 11 is 0. The molecule has 0 saturated carbocycles. The summed E-state index contributed by atoms with van der Waals surface area (Å²) in [4.78, 5) is 22.8. The minimum absolute atomic E-state index is 0.0692. The SMILES string of the molecule is N#C[C@@H]1C(=O)NN=C1C(=O)N/N=C\c1cccc(O)c1. The van der Waals surface area contributed by atoms with Crippen molar-refractivity contribution in [1.82, 2.24) is 10.9 Å². The third-order valence-corrected chi connectivity index (χ3v) is 2.43. The average molecular weight is 271 g/mol. The number of nitrogens with zero attached hydrogens (tertiary/aromatic N) is 3. The van der Waals surface area contributed by atoms with Gasteiger partial charge < -0.3 is 5.11 Å². The van der Waals surface area contributed by atoms with Gasteiger partial charge in [-0.2, -0.15) is 15.5 Å². The van der Waals surface area contributed by atoms with Crippen LogP contribution < -0.4 is 10.9 Å². The Bertz CT molecular complexity index is 659. The van der Waals surface area contributed by atoms with Crippen LogP contribution in [0.2, 0.25) is 0 Å². The van der Waals surface area contributed by atoms with E-state index in [-0.39, 0.29) is 11.5 Å². The molecule has 0 bridgehead atoms. The molecular weight excluding hydrogens is 262 g/mol. The zero-order valence-electron chi connectivity index (χ0n) is 10.1. The number of hydrogen-bond acceptors (Lipinski definition) is 6. The highest BCUT2D eigenvalue weighted by Gasteiger charge is 2.34. The predicted octanol–water partition coefficient (Wildman–Crippen LogP) is -0.532. The summed E-state index contributed by atoms with van der Waals surface area (Å²) in [6.07, 6.45) is 1.31. The number of amides is 2. The van der Waals surface area contributed by atoms with E-state index in [9.17, 15) is 14.7 Å². The van der Waals surface area contributed by atoms with Gasteiger partial charge in [-0.05, 0) is 17.7 Å². The van der Waals surface area contributed by atoms with Crippen LogP contribution in [0, 0.1) is 17.2 Å². The lowest BCUT2D eigenvalue weighted by molar-refractivity contribution is -0.121. The molecule has 0 spiro atoms. The number of rotatable bonds is 3. The lowest BCUT2D eigenvalue weighted by atomic mass is 10.1. The van der Waals surface area contributed by atoms with Crippen molar-refractivity contribution >= 4 is 23.7 Å². The van der Waals surface area contributed by atoms with Gasteiger partial charge in [0, 0.05) is 0 Å². The Balaban J connectivity index is 2.00. The van der Waals surface area contributed by atoms with E-state index in [1.807, 2.05) is 5.43 Å². The predicted molar refractivity (Wildman–Crippen MR) is 68.5 cm³/mol. The van der Waals surface area contributed by atoms with Crippen LogP contribution in [0.5, 0.6) is 5.75 Å². The summed E-state index contributed by atoms with van der Waals surface area (Å²) in [6.45, 7) is 0. The number of carbonyl (C=O) groups is 2. The molecule has 1 aliphatic heterocycles. The molecule has 3 N–H and O–H groups in total. The van der Waals surface area contributed by atoms with Crippen LogP contribution in [0.1, 0.15) is 5.56 Å². The molecule has 8 heteroatoms. The molecule has 1 aliphatic rings. The summed E-state index contributed by atoms with van der Waals surface area (Å²) in [5.74, 6) is -2.55. The Morgan fingerprint density at radius 1 is 1.60 bits per heavy atom. The maximum Gasteiger partial charge on any atom is 0.289 e. The van der Waals surface area contributed by atoms with Crippen LogP contribution in [0.3, 0.4) is 0 Å². The Hall–Kier alpha value is -3.21. The fourth-order valence-corrected chi connectivity index (χ4v) is 1.50. The first-order valence-electron chi connectivity index (χ1n) is 5.51. The van der Waals surface area contributed by atoms with Gasteiger partial charge in [0.15, 0.2) is 11.6 Å². The quantitative estimate of drug-likeness (QED) is 0.504. The molecule has 0 fully saturated rings. The number of benzene rings is 1. The summed E-state index contributed by atoms with van der Waals surface area (Å²) in [7, 11) is 0. The van der Waals surface area contributed by atoms with Gasteiger partial charge in [0.1, 0.15) is 5.75 Å². The van der Waals surface area contributed by atoms with E-state index < -0.39 is 17.7 Å². The number of phenolic OH excluding ortho intramolecular Hbond substituents is 1. The molecule has 0 saturated heterocycles. The van der Waals surface area contributed by atoms with E-state index in [2.05, 4.69) is 15.6 Å². The van der Waals surface area contributed by atoms with E-state index >= 15 is 0 Å². The second-order valence-corrected chi connectivity index (χ2v) is 3.83. The van der Waals surface area contributed by atoms with Crippen LogP contribution in [0.25, 0.3) is 0 Å². The van der Waals surface area contributed by atoms with Crippen molar-refractivity contribution in [2.45, 2.75) is 0 Å². The molecule has 20 heavy (non-hydrogen) atoms. The molecule has 2 rings (SSSR count). The van der Waals surface area contributed by atoms with Crippen molar-refractivity contribution in [2.75, 3.05) is 0 Å². The molecule has 0 radical (unpaired) electrons. The van der Waals surface area contributed by atoms with Gasteiger partial charge in [-0.3, -0.25) is 9.59 Å². The van der Waals surface area contributed by atoms with Gasteiger partial charge in [-0.25, -0.2) is 10.9 Å². The Morgan fingerprint density at radius 3 is 3.10 bits per heavy atom. The maximum absolute atomic E-state index is 11.7. The van der Waals surface area contributed by atoms with Crippen molar-refractivity contribution in [3.63, 3.8) is 0 Å². The summed E-state index contributed by atoms with van der Waals surface area (Å²) < 4.78 is 0. The maximum atomic E-state index is 11.7. The standard InChI is InChI=1S/C12H9N5O3/c13-5-9-10(15-17-11(9)19)12(20)16-14-6-7-2-1-3-8(18)4-7/h1-4,6,9,18H,(H,16,20)(H,17,19)/b14-6-/t9-/m0/s1. The van der Waals surface area contributed by atoms with E-state index in [0.29, 0.717) is 5.56 Å². The number of nitrogens with one attached hydrogen (secondary N) is 2. The van der Waals surface area contributed by atoms with E-state index in [1.54, 1.807) is 18.2 Å². The second kappa shape index (κ2) is 5.62. The fraction of sp³-hybridized carbons (Fsp3) is 0.0833. The Kier molecular flexibility index (Phi) is 3.72. The van der Waals surface area contributed by atoms with Crippen molar-refractivity contribution in [2.24, 2.45) is 16.1 Å². The lowest BCUT2D eigenvalue weighted by Gasteiger charge is -2.00. The van der Waals surface area contributed by atoms with Crippen LogP contribution in [0.15, 0.2) is 34.5 Å². The minimum atomic E-state index is -1.23. The van der Waals surface area contributed by atoms with Crippen LogP contribution >= 0.6 is 0 Å². The third kappa shape index (κ3) is 2.78. The molecule has 8 nitrogen and oxygen atoms in total. The number of phenols is 1. The van der Waals surface area contributed by atoms with Gasteiger partial charge in [-0.15, -0.1) is 0 Å². The van der Waals surface area contributed by atoms with Gasteiger partial charge >= 0.3 is 0 Å². The summed E-state index contributed by atoms with van der Waals surface area (Å²) in [6, 6.07) is 7.91. The minimum Gasteiger partial charge on any atom is -0.508 e. The highest BCUT2D eigenvalue weighted by Crippen LogP contribution is 2.09. The molecule has 100 valence electrons. The Labute approximate surface area is 113 Å². The van der Waals surface area contributed by atoms with Gasteiger partial charge in [0.25, 0.3) is 11.8 Å². The largest absolute Gasteiger partial charge is 0.508 e. The topological polar surface area (TPSA) is 127 Å². The summed E-state index contributed by atoms with van der Waals surface area (Å²) in [5.41, 5.74) is 4.54. The third-order valence-electron chi connectivity index (χ3n) is 2.43. The number of aromatic hydroxyl groups is 1. The fourth-order valence-electron chi connectivity index (χ4n) is 1.50. The molecule has 1 aromatic carbocycles. The Morgan fingerprint density at radius 2 is 2.40 bits per heavy atom. The van der Waals surface area contributed by atoms with Crippen molar-refractivity contribution in [3.8, 4) is 11.8 Å². The molecule has 0 aromatic heterocycles. The highest BCUT2D eigenvalue weighted by molar-refractivity contribution is 6.45. The highest BCUT2D eigenvalue weighted by atomic mass is 16.3. The molecule has 2 amide bonds. The van der Waals surface area contributed by atoms with E-state index in [1.165, 1.54) is 18.3 Å². The number of carbonyl (C=O) groups excluding carboxylic acids is 2. The zero-order valence-corrected chi connectivity index (χ0v) is 10.1. The normalized spacial score (nSPS) is 17.4. The first-order chi connectivity index (χ1) is 9.61. The number of hydrogen-bond donors (Lipinski definition) is 3. The van der Waals surface area contributed by atoms with Crippen LogP contribution in [-0.4, -0.2) is 28.8 Å². The first-order valence-corrected chi connectivity index (χ1v) is 5.51. The molecular formula is C12H9N5O3. The monoisotopic (exact) mass is 271 g/mol. The zero-order chi connectivity index (χ0) is 14.5. The number of hydrazone groups is 2. The van der Waals surface area contributed by atoms with E-state index in [4.69, 9.17) is 5.26 Å². The smallest absolute Gasteiger partial charge is 0.289 e. The van der Waals surface area contributed by atoms with Crippen molar-refractivity contribution in [1.29, 1.82) is 5.26 Å². The molecule has 1 atom stereocenters. The van der Waals surface area contributed by atoms with Crippen molar-refractivity contribution < 1.29 is 14.7 Å². The van der Waals surface area contributed by atoms with Gasteiger partial charge in [0.2, 0.25) is 0 Å². The van der Waals surface area contributed by atoms with Crippen molar-refractivity contribution in [3.05, 3.63) is 29.8 Å². The van der Waals surface area contributed by atoms with Gasteiger partial charge in [-0.1, -0.05) is 12.1 Å². The second-order valence-electron chi connectivity index (χ2n) is 3.83. The first kappa shape index (κ1) is 13.2. The lowest BCUT2D eigenvalue weighted by Crippen LogP contribution is -2.33. The van der Waals surface area contributed by atoms with Crippen LogP contribution in [0.4, 0.5) is 0 Å². The van der Waals surface area contributed by atoms with Crippen LogP contribution in [-0.2, 0) is 9.59 Å². The molecule has 1 aromatic rings. The number of nitriles is 1.